The van der Waals surface area contributed by atoms with Gasteiger partial charge in [0.25, 0.3) is 5.91 Å². The maximum Gasteiger partial charge on any atom is 0.254 e. The molecule has 1 amide bonds. The summed E-state index contributed by atoms with van der Waals surface area (Å²) in [6, 6.07) is 4.96. The highest BCUT2D eigenvalue weighted by molar-refractivity contribution is 6.35. The quantitative estimate of drug-likeness (QED) is 0.791. The number of hydrogen-bond donors (Lipinski definition) is 0. The van der Waals surface area contributed by atoms with Crippen LogP contribution in [-0.4, -0.2) is 54.3 Å². The number of halogens is 3. The molecule has 0 spiro atoms. The highest BCUT2D eigenvalue weighted by atomic mass is 35.5. The molecular formula is C14H17Cl3N2O. The Bertz CT molecular complexity index is 461. The molecule has 20 heavy (non-hydrogen) atoms. The minimum Gasteiger partial charge on any atom is -0.337 e. The molecule has 1 aliphatic heterocycles. The monoisotopic (exact) mass is 334 g/mol. The lowest BCUT2D eigenvalue weighted by Crippen LogP contribution is -2.35. The van der Waals surface area contributed by atoms with Crippen LogP contribution in [0, 0.1) is 0 Å². The summed E-state index contributed by atoms with van der Waals surface area (Å²) in [6.45, 7) is 4.16. The maximum atomic E-state index is 12.5. The van der Waals surface area contributed by atoms with Crippen LogP contribution < -0.4 is 0 Å². The molecule has 0 bridgehead atoms. The van der Waals surface area contributed by atoms with Gasteiger partial charge < -0.3 is 9.80 Å². The Morgan fingerprint density at radius 3 is 2.40 bits per heavy atom. The summed E-state index contributed by atoms with van der Waals surface area (Å²) in [5.41, 5.74) is 0.549. The Kier molecular flexibility index (Phi) is 5.97. The molecule has 110 valence electrons. The zero-order chi connectivity index (χ0) is 14.5. The van der Waals surface area contributed by atoms with Gasteiger partial charge in [0.1, 0.15) is 0 Å². The zero-order valence-electron chi connectivity index (χ0n) is 11.1. The van der Waals surface area contributed by atoms with Crippen LogP contribution in [0.4, 0.5) is 0 Å². The second-order valence-electron chi connectivity index (χ2n) is 4.83. The van der Waals surface area contributed by atoms with Gasteiger partial charge >= 0.3 is 0 Å². The smallest absolute Gasteiger partial charge is 0.254 e. The highest BCUT2D eigenvalue weighted by Crippen LogP contribution is 2.20. The van der Waals surface area contributed by atoms with Gasteiger partial charge in [0.15, 0.2) is 0 Å². The third-order valence-corrected chi connectivity index (χ3v) is 3.99. The Hall–Kier alpha value is -0.480. The van der Waals surface area contributed by atoms with Crippen LogP contribution in [-0.2, 0) is 0 Å². The number of carbonyl (C=O) groups is 1. The van der Waals surface area contributed by atoms with Crippen molar-refractivity contribution in [3.63, 3.8) is 0 Å². The second kappa shape index (κ2) is 7.51. The molecule has 0 atom stereocenters. The summed E-state index contributed by atoms with van der Waals surface area (Å²) < 4.78 is 0. The Morgan fingerprint density at radius 1 is 1.05 bits per heavy atom. The molecule has 0 aliphatic carbocycles. The summed E-state index contributed by atoms with van der Waals surface area (Å²) in [5.74, 6) is 0.611. The van der Waals surface area contributed by atoms with E-state index in [2.05, 4.69) is 4.90 Å². The topological polar surface area (TPSA) is 23.6 Å². The van der Waals surface area contributed by atoms with Gasteiger partial charge in [-0.05, 0) is 31.2 Å². The third kappa shape index (κ3) is 4.26. The predicted molar refractivity (Wildman–Crippen MR) is 84.1 cm³/mol. The van der Waals surface area contributed by atoms with Crippen molar-refractivity contribution in [2.24, 2.45) is 0 Å². The first-order chi connectivity index (χ1) is 9.60. The molecule has 2 rings (SSSR count). The average Bonchev–Trinajstić information content (AvgIpc) is 2.63. The summed E-state index contributed by atoms with van der Waals surface area (Å²) >= 11 is 17.7. The fourth-order valence-electron chi connectivity index (χ4n) is 2.38. The Labute approximate surface area is 134 Å². The largest absolute Gasteiger partial charge is 0.337 e. The van der Waals surface area contributed by atoms with Crippen LogP contribution in [0.3, 0.4) is 0 Å². The molecule has 0 radical (unpaired) electrons. The lowest BCUT2D eigenvalue weighted by atomic mass is 10.2. The van der Waals surface area contributed by atoms with Gasteiger partial charge in [0.05, 0.1) is 0 Å². The number of amides is 1. The number of benzene rings is 1. The minimum absolute atomic E-state index is 0.0119. The van der Waals surface area contributed by atoms with Gasteiger partial charge in [-0.2, -0.15) is 0 Å². The fourth-order valence-corrected chi connectivity index (χ4v) is 3.14. The normalized spacial score (nSPS) is 17.1. The number of carbonyl (C=O) groups excluding carboxylic acids is 1. The molecular weight excluding hydrogens is 319 g/mol. The van der Waals surface area contributed by atoms with Crippen LogP contribution in [0.1, 0.15) is 16.8 Å². The summed E-state index contributed by atoms with van der Waals surface area (Å²) in [5, 5.41) is 0.971. The third-order valence-electron chi connectivity index (χ3n) is 3.39. The average molecular weight is 336 g/mol. The molecule has 0 aromatic heterocycles. The van der Waals surface area contributed by atoms with Crippen LogP contribution in [0.2, 0.25) is 10.0 Å². The van der Waals surface area contributed by atoms with Crippen molar-refractivity contribution in [3.8, 4) is 0 Å². The molecule has 6 heteroatoms. The van der Waals surface area contributed by atoms with Gasteiger partial charge in [-0.25, -0.2) is 0 Å². The standard InChI is InChI=1S/C14H17Cl3N2O/c15-2-5-18-3-1-4-19(7-6-18)14(20)11-8-12(16)10-13(17)9-11/h8-10H,1-7H2. The Balaban J connectivity index is 2.05. The van der Waals surface area contributed by atoms with Crippen molar-refractivity contribution in [1.82, 2.24) is 9.80 Å². The second-order valence-corrected chi connectivity index (χ2v) is 6.09. The molecule has 0 unspecified atom stereocenters. The van der Waals surface area contributed by atoms with Crippen molar-refractivity contribution in [1.29, 1.82) is 0 Å². The van der Waals surface area contributed by atoms with E-state index in [1.807, 2.05) is 4.90 Å². The van der Waals surface area contributed by atoms with Crippen molar-refractivity contribution in [3.05, 3.63) is 33.8 Å². The summed E-state index contributed by atoms with van der Waals surface area (Å²) in [6.07, 6.45) is 0.955. The minimum atomic E-state index is -0.0119. The zero-order valence-corrected chi connectivity index (χ0v) is 13.4. The van der Waals surface area contributed by atoms with E-state index in [0.29, 0.717) is 28.0 Å². The first-order valence-electron chi connectivity index (χ1n) is 6.64. The van der Waals surface area contributed by atoms with E-state index in [1.165, 1.54) is 0 Å². The predicted octanol–water partition coefficient (Wildman–Crippen LogP) is 3.38. The van der Waals surface area contributed by atoms with E-state index >= 15 is 0 Å². The van der Waals surface area contributed by atoms with Gasteiger partial charge in [-0.3, -0.25) is 4.79 Å². The van der Waals surface area contributed by atoms with E-state index in [0.717, 1.165) is 32.6 Å². The number of hydrogen-bond acceptors (Lipinski definition) is 2. The van der Waals surface area contributed by atoms with Crippen LogP contribution in [0.5, 0.6) is 0 Å². The van der Waals surface area contributed by atoms with Crippen molar-refractivity contribution in [2.45, 2.75) is 6.42 Å². The van der Waals surface area contributed by atoms with Crippen LogP contribution in [0.15, 0.2) is 18.2 Å². The lowest BCUT2D eigenvalue weighted by molar-refractivity contribution is 0.0762. The van der Waals surface area contributed by atoms with Gasteiger partial charge in [0, 0.05) is 47.7 Å². The summed E-state index contributed by atoms with van der Waals surface area (Å²) in [4.78, 5) is 16.6. The van der Waals surface area contributed by atoms with Crippen molar-refractivity contribution < 1.29 is 4.79 Å². The first kappa shape index (κ1) is 15.9. The number of nitrogens with zero attached hydrogens (tertiary/aromatic N) is 2. The highest BCUT2D eigenvalue weighted by Gasteiger charge is 2.20. The Morgan fingerprint density at radius 2 is 1.75 bits per heavy atom. The molecule has 1 aromatic carbocycles. The van der Waals surface area contributed by atoms with E-state index in [9.17, 15) is 4.79 Å². The number of rotatable bonds is 3. The van der Waals surface area contributed by atoms with Gasteiger partial charge in [-0.15, -0.1) is 11.6 Å². The molecule has 1 aliphatic rings. The van der Waals surface area contributed by atoms with Crippen molar-refractivity contribution >= 4 is 40.7 Å². The van der Waals surface area contributed by atoms with Gasteiger partial charge in [0.2, 0.25) is 0 Å². The maximum absolute atomic E-state index is 12.5. The molecule has 1 heterocycles. The molecule has 1 saturated heterocycles. The molecule has 0 N–H and O–H groups in total. The van der Waals surface area contributed by atoms with Crippen LogP contribution >= 0.6 is 34.8 Å². The van der Waals surface area contributed by atoms with Crippen molar-refractivity contribution in [2.75, 3.05) is 38.6 Å². The molecule has 1 fully saturated rings. The van der Waals surface area contributed by atoms with Crippen LogP contribution in [0.25, 0.3) is 0 Å². The van der Waals surface area contributed by atoms with E-state index in [4.69, 9.17) is 34.8 Å². The van der Waals surface area contributed by atoms with Gasteiger partial charge in [-0.1, -0.05) is 23.2 Å². The molecule has 0 saturated carbocycles. The number of alkyl halides is 1. The van der Waals surface area contributed by atoms with E-state index < -0.39 is 0 Å². The lowest BCUT2D eigenvalue weighted by Gasteiger charge is -2.21. The molecule has 1 aromatic rings. The SMILES string of the molecule is O=C(c1cc(Cl)cc(Cl)c1)N1CCCN(CCCl)CC1. The molecule has 3 nitrogen and oxygen atoms in total. The fraction of sp³-hybridized carbons (Fsp3) is 0.500. The van der Waals surface area contributed by atoms with E-state index in [-0.39, 0.29) is 5.91 Å². The first-order valence-corrected chi connectivity index (χ1v) is 7.93. The summed E-state index contributed by atoms with van der Waals surface area (Å²) in [7, 11) is 0. The van der Waals surface area contributed by atoms with E-state index in [1.54, 1.807) is 18.2 Å².